The number of benzene rings is 2. The van der Waals surface area contributed by atoms with E-state index in [0.29, 0.717) is 27.1 Å². The first-order valence-electron chi connectivity index (χ1n) is 10.8. The Morgan fingerprint density at radius 3 is 2.61 bits per heavy atom. The van der Waals surface area contributed by atoms with Gasteiger partial charge in [0.2, 0.25) is 0 Å². The number of Topliss-reactive ketones (excluding diaryl/α,β-unsaturated/α-hetero) is 1. The predicted molar refractivity (Wildman–Crippen MR) is 138 cm³/mol. The quantitative estimate of drug-likeness (QED) is 0.216. The number of aliphatic hydroxyl groups excluding tert-OH is 1. The van der Waals surface area contributed by atoms with Crippen LogP contribution in [0.2, 0.25) is 5.02 Å². The molecule has 1 amide bonds. The molecule has 1 fully saturated rings. The molecular formula is C26H20ClN3O5S. The van der Waals surface area contributed by atoms with Gasteiger partial charge in [0.25, 0.3) is 5.78 Å². The number of thiazole rings is 1. The predicted octanol–water partition coefficient (Wildman–Crippen LogP) is 5.30. The van der Waals surface area contributed by atoms with Crippen molar-refractivity contribution in [2.45, 2.75) is 13.0 Å². The van der Waals surface area contributed by atoms with E-state index in [1.807, 2.05) is 13.0 Å². The number of aromatic nitrogens is 2. The highest BCUT2D eigenvalue weighted by molar-refractivity contribution is 7.22. The number of hydrogen-bond acceptors (Lipinski definition) is 8. The second-order valence-corrected chi connectivity index (χ2v) is 9.47. The second-order valence-electron chi connectivity index (χ2n) is 8.06. The maximum absolute atomic E-state index is 13.4. The van der Waals surface area contributed by atoms with Gasteiger partial charge in [-0.1, -0.05) is 29.0 Å². The fraction of sp³-hybridized carbons (Fsp3) is 0.154. The smallest absolute Gasteiger partial charge is 0.301 e. The lowest BCUT2D eigenvalue weighted by atomic mass is 9.98. The first-order chi connectivity index (χ1) is 17.3. The van der Waals surface area contributed by atoms with E-state index in [1.165, 1.54) is 30.5 Å². The number of nitrogens with zero attached hydrogens (tertiary/aromatic N) is 3. The molecule has 0 radical (unpaired) electrons. The van der Waals surface area contributed by atoms with E-state index in [2.05, 4.69) is 9.97 Å². The molecule has 2 aromatic carbocycles. The molecule has 5 rings (SSSR count). The highest BCUT2D eigenvalue weighted by atomic mass is 35.5. The Morgan fingerprint density at radius 2 is 1.92 bits per heavy atom. The van der Waals surface area contributed by atoms with Gasteiger partial charge >= 0.3 is 5.91 Å². The summed E-state index contributed by atoms with van der Waals surface area (Å²) in [7, 11) is 2.95. The monoisotopic (exact) mass is 521 g/mol. The molecule has 0 saturated carbocycles. The molecule has 36 heavy (non-hydrogen) atoms. The number of amides is 1. The number of carbonyl (C=O) groups is 2. The summed E-state index contributed by atoms with van der Waals surface area (Å²) < 4.78 is 11.5. The SMILES string of the molecule is COc1ccc(/C(O)=C2\C(=O)C(=O)N(c3nc4cc(Cl)c(C)cc4s3)C2c2ccccn2)c(OC)c1. The number of aryl methyl sites for hydroxylation is 1. The van der Waals surface area contributed by atoms with E-state index in [1.54, 1.807) is 48.7 Å². The van der Waals surface area contributed by atoms with Gasteiger partial charge in [-0.25, -0.2) is 4.98 Å². The van der Waals surface area contributed by atoms with Crippen LogP contribution in [-0.2, 0) is 9.59 Å². The zero-order chi connectivity index (χ0) is 25.6. The summed E-state index contributed by atoms with van der Waals surface area (Å²) >= 11 is 7.53. The zero-order valence-corrected chi connectivity index (χ0v) is 21.1. The molecule has 3 heterocycles. The molecule has 1 aliphatic rings. The van der Waals surface area contributed by atoms with Crippen molar-refractivity contribution in [1.82, 2.24) is 9.97 Å². The minimum atomic E-state index is -1.00. The number of halogens is 1. The Balaban J connectivity index is 1.73. The lowest BCUT2D eigenvalue weighted by molar-refractivity contribution is -0.132. The van der Waals surface area contributed by atoms with E-state index in [4.69, 9.17) is 21.1 Å². The number of ketones is 1. The van der Waals surface area contributed by atoms with Gasteiger partial charge in [0.05, 0.1) is 41.3 Å². The molecule has 1 N–H and O–H groups in total. The Hall–Kier alpha value is -3.95. The molecular weight excluding hydrogens is 502 g/mol. The van der Waals surface area contributed by atoms with Crippen molar-refractivity contribution in [3.05, 3.63) is 82.1 Å². The molecule has 0 aliphatic carbocycles. The summed E-state index contributed by atoms with van der Waals surface area (Å²) in [5.74, 6) is -1.27. The summed E-state index contributed by atoms with van der Waals surface area (Å²) in [4.78, 5) is 37.0. The molecule has 0 spiro atoms. The van der Waals surface area contributed by atoms with Crippen LogP contribution in [-0.4, -0.2) is 41.0 Å². The first-order valence-corrected chi connectivity index (χ1v) is 12.0. The van der Waals surface area contributed by atoms with Crippen LogP contribution >= 0.6 is 22.9 Å². The summed E-state index contributed by atoms with van der Waals surface area (Å²) in [5, 5.41) is 12.2. The lowest BCUT2D eigenvalue weighted by Crippen LogP contribution is -2.29. The minimum absolute atomic E-state index is 0.115. The van der Waals surface area contributed by atoms with E-state index < -0.39 is 17.7 Å². The number of pyridine rings is 1. The molecule has 2 aromatic heterocycles. The van der Waals surface area contributed by atoms with Crippen molar-refractivity contribution < 1.29 is 24.2 Å². The third-order valence-corrected chi connectivity index (χ3v) is 7.36. The molecule has 0 bridgehead atoms. The first kappa shape index (κ1) is 23.8. The average Bonchev–Trinajstić information content (AvgIpc) is 3.41. The number of ether oxygens (including phenoxy) is 2. The van der Waals surface area contributed by atoms with Crippen LogP contribution < -0.4 is 14.4 Å². The molecule has 182 valence electrons. The Labute approximate surface area is 215 Å². The van der Waals surface area contributed by atoms with Gasteiger partial charge in [-0.15, -0.1) is 0 Å². The molecule has 8 nitrogen and oxygen atoms in total. The number of hydrogen-bond donors (Lipinski definition) is 1. The molecule has 1 aliphatic heterocycles. The van der Waals surface area contributed by atoms with Crippen molar-refractivity contribution in [1.29, 1.82) is 0 Å². The minimum Gasteiger partial charge on any atom is -0.507 e. The Morgan fingerprint density at radius 1 is 1.11 bits per heavy atom. The van der Waals surface area contributed by atoms with E-state index in [0.717, 1.165) is 10.3 Å². The summed E-state index contributed by atoms with van der Waals surface area (Å²) in [5.41, 5.74) is 2.00. The van der Waals surface area contributed by atoms with Crippen LogP contribution in [0.15, 0.2) is 60.3 Å². The van der Waals surface area contributed by atoms with Gasteiger partial charge in [-0.3, -0.25) is 19.5 Å². The summed E-state index contributed by atoms with van der Waals surface area (Å²) in [6.07, 6.45) is 1.56. The molecule has 1 atom stereocenters. The number of rotatable bonds is 5. The third kappa shape index (κ3) is 3.86. The van der Waals surface area contributed by atoms with Crippen LogP contribution in [0.1, 0.15) is 22.9 Å². The molecule has 4 aromatic rings. The van der Waals surface area contributed by atoms with E-state index >= 15 is 0 Å². The van der Waals surface area contributed by atoms with Crippen molar-refractivity contribution in [3.63, 3.8) is 0 Å². The van der Waals surface area contributed by atoms with Crippen molar-refractivity contribution in [2.75, 3.05) is 19.1 Å². The van der Waals surface area contributed by atoms with Crippen molar-refractivity contribution in [2.24, 2.45) is 0 Å². The van der Waals surface area contributed by atoms with E-state index in [9.17, 15) is 14.7 Å². The molecule has 1 saturated heterocycles. The fourth-order valence-corrected chi connectivity index (χ4v) is 5.36. The number of carbonyl (C=O) groups excluding carboxylic acids is 2. The van der Waals surface area contributed by atoms with Gasteiger partial charge in [-0.2, -0.15) is 0 Å². The van der Waals surface area contributed by atoms with Crippen molar-refractivity contribution in [3.8, 4) is 11.5 Å². The number of methoxy groups -OCH3 is 2. The van der Waals surface area contributed by atoms with Gasteiger partial charge in [0.1, 0.15) is 23.3 Å². The number of aliphatic hydroxyl groups is 1. The standard InChI is InChI=1S/C26H20ClN3O5S/c1-13-10-20-18(12-16(13)27)29-26(36-20)30-22(17-6-4-5-9-28-17)21(24(32)25(30)33)23(31)15-8-7-14(34-2)11-19(15)35-3/h4-12,22,31H,1-3H3/b23-21+. The molecule has 1 unspecified atom stereocenters. The topological polar surface area (TPSA) is 102 Å². The molecule has 10 heteroatoms. The third-order valence-electron chi connectivity index (χ3n) is 5.94. The van der Waals surface area contributed by atoms with Gasteiger partial charge in [0.15, 0.2) is 5.13 Å². The number of anilines is 1. The lowest BCUT2D eigenvalue weighted by Gasteiger charge is -2.22. The summed E-state index contributed by atoms with van der Waals surface area (Å²) in [6, 6.07) is 12.5. The van der Waals surface area contributed by atoms with Crippen LogP contribution in [0.4, 0.5) is 5.13 Å². The van der Waals surface area contributed by atoms with Crippen LogP contribution in [0.3, 0.4) is 0 Å². The normalized spacial score (nSPS) is 17.1. The Kier molecular flexibility index (Phi) is 6.11. The number of fused-ring (bicyclic) bond motifs is 1. The largest absolute Gasteiger partial charge is 0.507 e. The highest BCUT2D eigenvalue weighted by Gasteiger charge is 2.49. The summed E-state index contributed by atoms with van der Waals surface area (Å²) in [6.45, 7) is 1.88. The highest BCUT2D eigenvalue weighted by Crippen LogP contribution is 2.45. The second kappa shape index (κ2) is 9.25. The zero-order valence-electron chi connectivity index (χ0n) is 19.5. The average molecular weight is 522 g/mol. The Bertz CT molecular complexity index is 1510. The van der Waals surface area contributed by atoms with Crippen LogP contribution in [0, 0.1) is 6.92 Å². The van der Waals surface area contributed by atoms with Crippen LogP contribution in [0.5, 0.6) is 11.5 Å². The van der Waals surface area contributed by atoms with Crippen molar-refractivity contribution >= 4 is 55.7 Å². The fourth-order valence-electron chi connectivity index (χ4n) is 4.13. The van der Waals surface area contributed by atoms with E-state index in [-0.39, 0.29) is 22.6 Å². The van der Waals surface area contributed by atoms with Gasteiger partial charge in [0, 0.05) is 17.3 Å². The maximum atomic E-state index is 13.4. The van der Waals surface area contributed by atoms with Crippen LogP contribution in [0.25, 0.3) is 16.0 Å². The maximum Gasteiger partial charge on any atom is 0.301 e. The van der Waals surface area contributed by atoms with Gasteiger partial charge < -0.3 is 14.6 Å². The van der Waals surface area contributed by atoms with Gasteiger partial charge in [-0.05, 0) is 48.9 Å².